The van der Waals surface area contributed by atoms with Crippen molar-refractivity contribution in [2.45, 2.75) is 84.8 Å². The average Bonchev–Trinajstić information content (AvgIpc) is 3.46. The van der Waals surface area contributed by atoms with Gasteiger partial charge in [-0.3, -0.25) is 19.3 Å². The molecule has 1 aromatic heterocycles. The second-order valence-electron chi connectivity index (χ2n) is 9.70. The number of rotatable bonds is 9. The molecule has 2 heterocycles. The van der Waals surface area contributed by atoms with Gasteiger partial charge < -0.3 is 14.8 Å². The molecule has 1 aromatic rings. The minimum absolute atomic E-state index is 0.0889. The molecule has 1 N–H and O–H groups in total. The summed E-state index contributed by atoms with van der Waals surface area (Å²) in [4.78, 5) is 43.8. The van der Waals surface area contributed by atoms with Crippen LogP contribution in [0.2, 0.25) is 0 Å². The highest BCUT2D eigenvalue weighted by molar-refractivity contribution is 5.99. The van der Waals surface area contributed by atoms with Gasteiger partial charge in [0.1, 0.15) is 11.1 Å². The molecule has 2 aliphatic rings. The Morgan fingerprint density at radius 1 is 1.09 bits per heavy atom. The third-order valence-electron chi connectivity index (χ3n) is 6.99. The lowest BCUT2D eigenvalue weighted by Crippen LogP contribution is -2.41. The van der Waals surface area contributed by atoms with E-state index in [0.29, 0.717) is 31.6 Å². The van der Waals surface area contributed by atoms with Gasteiger partial charge in [-0.25, -0.2) is 0 Å². The zero-order valence-corrected chi connectivity index (χ0v) is 20.2. The summed E-state index contributed by atoms with van der Waals surface area (Å²) >= 11 is 0. The van der Waals surface area contributed by atoms with Crippen molar-refractivity contribution >= 4 is 11.8 Å². The lowest BCUT2D eigenvalue weighted by molar-refractivity contribution is 0.0775. The van der Waals surface area contributed by atoms with Gasteiger partial charge in [0.05, 0.1) is 0 Å². The smallest absolute Gasteiger partial charge is 0.259 e. The van der Waals surface area contributed by atoms with Crippen molar-refractivity contribution in [3.05, 3.63) is 33.7 Å². The molecule has 32 heavy (non-hydrogen) atoms. The number of nitrogens with one attached hydrogen (secondary N) is 1. The van der Waals surface area contributed by atoms with E-state index in [-0.39, 0.29) is 29.0 Å². The number of pyridine rings is 1. The lowest BCUT2D eigenvalue weighted by Gasteiger charge is -2.26. The van der Waals surface area contributed by atoms with Gasteiger partial charge in [-0.2, -0.15) is 0 Å². The molecule has 7 heteroatoms. The van der Waals surface area contributed by atoms with Crippen LogP contribution >= 0.6 is 0 Å². The molecule has 2 fully saturated rings. The summed E-state index contributed by atoms with van der Waals surface area (Å²) < 4.78 is 1.86. The molecule has 0 bridgehead atoms. The molecule has 1 aliphatic carbocycles. The Morgan fingerprint density at radius 3 is 2.38 bits per heavy atom. The SMILES string of the molecule is CCN(CC)C1CCN(C(=O)c2cn(CCC(C)C)cc(C(=O)NC3CCCC3)c2=O)C1. The van der Waals surface area contributed by atoms with E-state index in [4.69, 9.17) is 0 Å². The van der Waals surface area contributed by atoms with Crippen LogP contribution in [0.25, 0.3) is 0 Å². The van der Waals surface area contributed by atoms with Crippen molar-refractivity contribution in [2.24, 2.45) is 5.92 Å². The number of carbonyl (C=O) groups is 2. The Labute approximate surface area is 192 Å². The number of nitrogens with zero attached hydrogens (tertiary/aromatic N) is 3. The van der Waals surface area contributed by atoms with E-state index < -0.39 is 5.43 Å². The highest BCUT2D eigenvalue weighted by atomic mass is 16.2. The maximum absolute atomic E-state index is 13.4. The maximum Gasteiger partial charge on any atom is 0.259 e. The monoisotopic (exact) mass is 444 g/mol. The van der Waals surface area contributed by atoms with E-state index in [9.17, 15) is 14.4 Å². The van der Waals surface area contributed by atoms with Crippen LogP contribution in [-0.4, -0.2) is 64.4 Å². The molecule has 1 unspecified atom stereocenters. The Bertz CT molecular complexity index is 853. The molecule has 1 saturated carbocycles. The van der Waals surface area contributed by atoms with Crippen LogP contribution in [-0.2, 0) is 6.54 Å². The number of aromatic nitrogens is 1. The van der Waals surface area contributed by atoms with Crippen molar-refractivity contribution in [3.8, 4) is 0 Å². The molecule has 2 amide bonds. The van der Waals surface area contributed by atoms with Crippen molar-refractivity contribution < 1.29 is 9.59 Å². The Hall–Kier alpha value is -2.15. The van der Waals surface area contributed by atoms with Gasteiger partial charge in [-0.05, 0) is 44.7 Å². The summed E-state index contributed by atoms with van der Waals surface area (Å²) in [6, 6.07) is 0.449. The van der Waals surface area contributed by atoms with Gasteiger partial charge in [-0.15, -0.1) is 0 Å². The minimum Gasteiger partial charge on any atom is -0.352 e. The predicted molar refractivity (Wildman–Crippen MR) is 127 cm³/mol. The lowest BCUT2D eigenvalue weighted by atomic mass is 10.1. The van der Waals surface area contributed by atoms with Crippen molar-refractivity contribution in [1.29, 1.82) is 0 Å². The van der Waals surface area contributed by atoms with Crippen LogP contribution < -0.4 is 10.7 Å². The Morgan fingerprint density at radius 2 is 1.75 bits per heavy atom. The number of likely N-dealkylation sites (N-methyl/N-ethyl adjacent to an activating group) is 1. The fourth-order valence-electron chi connectivity index (χ4n) is 4.95. The number of aryl methyl sites for hydroxylation is 1. The van der Waals surface area contributed by atoms with Crippen molar-refractivity contribution in [2.75, 3.05) is 26.2 Å². The van der Waals surface area contributed by atoms with E-state index in [1.807, 2.05) is 4.57 Å². The van der Waals surface area contributed by atoms with Gasteiger partial charge in [0, 0.05) is 44.1 Å². The third kappa shape index (κ3) is 5.80. The average molecular weight is 445 g/mol. The van der Waals surface area contributed by atoms with Crippen LogP contribution in [0, 0.1) is 5.92 Å². The maximum atomic E-state index is 13.4. The van der Waals surface area contributed by atoms with E-state index in [2.05, 4.69) is 37.9 Å². The van der Waals surface area contributed by atoms with Crippen LogP contribution in [0.3, 0.4) is 0 Å². The summed E-state index contributed by atoms with van der Waals surface area (Å²) in [7, 11) is 0. The number of carbonyl (C=O) groups excluding carboxylic acids is 2. The highest BCUT2D eigenvalue weighted by Crippen LogP contribution is 2.19. The van der Waals surface area contributed by atoms with Crippen LogP contribution in [0.1, 0.15) is 86.9 Å². The minimum atomic E-state index is -0.447. The molecule has 178 valence electrons. The van der Waals surface area contributed by atoms with E-state index in [0.717, 1.165) is 51.6 Å². The van der Waals surface area contributed by atoms with Crippen LogP contribution in [0.5, 0.6) is 0 Å². The van der Waals surface area contributed by atoms with Crippen molar-refractivity contribution in [3.63, 3.8) is 0 Å². The zero-order chi connectivity index (χ0) is 23.3. The Kier molecular flexibility index (Phi) is 8.51. The van der Waals surface area contributed by atoms with E-state index in [1.165, 1.54) is 0 Å². The topological polar surface area (TPSA) is 74.7 Å². The second kappa shape index (κ2) is 11.1. The molecule has 1 atom stereocenters. The number of hydrogen-bond donors (Lipinski definition) is 1. The summed E-state index contributed by atoms with van der Waals surface area (Å²) in [5.74, 6) is -0.117. The summed E-state index contributed by atoms with van der Waals surface area (Å²) in [6.45, 7) is 12.4. The van der Waals surface area contributed by atoms with Crippen LogP contribution in [0.15, 0.2) is 17.2 Å². The van der Waals surface area contributed by atoms with Gasteiger partial charge in [0.2, 0.25) is 5.43 Å². The first-order chi connectivity index (χ1) is 15.3. The molecular formula is C25H40N4O3. The molecule has 0 radical (unpaired) electrons. The normalized spacial score (nSPS) is 19.3. The van der Waals surface area contributed by atoms with E-state index >= 15 is 0 Å². The molecule has 1 aliphatic heterocycles. The molecule has 0 aromatic carbocycles. The quantitative estimate of drug-likeness (QED) is 0.635. The first kappa shape index (κ1) is 24.5. The standard InChI is InChI=1S/C25H40N4O3/c1-5-28(6-2)20-12-14-29(15-20)25(32)22-17-27(13-11-18(3)4)16-21(23(22)30)24(31)26-19-9-7-8-10-19/h16-20H,5-15H2,1-4H3,(H,26,31). The fraction of sp³-hybridized carbons (Fsp3) is 0.720. The molecule has 7 nitrogen and oxygen atoms in total. The molecule has 0 spiro atoms. The van der Waals surface area contributed by atoms with Crippen molar-refractivity contribution in [1.82, 2.24) is 19.7 Å². The summed E-state index contributed by atoms with van der Waals surface area (Å²) in [5, 5.41) is 3.02. The van der Waals surface area contributed by atoms with Gasteiger partial charge in [0.15, 0.2) is 0 Å². The molecule has 1 saturated heterocycles. The number of amides is 2. The third-order valence-corrected chi connectivity index (χ3v) is 6.99. The van der Waals surface area contributed by atoms with Gasteiger partial charge in [-0.1, -0.05) is 40.5 Å². The number of hydrogen-bond acceptors (Lipinski definition) is 4. The highest BCUT2D eigenvalue weighted by Gasteiger charge is 2.32. The number of likely N-dealkylation sites (tertiary alicyclic amines) is 1. The second-order valence-corrected chi connectivity index (χ2v) is 9.70. The molecule has 3 rings (SSSR count). The Balaban J connectivity index is 1.86. The first-order valence-corrected chi connectivity index (χ1v) is 12.4. The largest absolute Gasteiger partial charge is 0.352 e. The summed E-state index contributed by atoms with van der Waals surface area (Å²) in [6.07, 6.45) is 9.22. The fourth-order valence-corrected chi connectivity index (χ4v) is 4.95. The van der Waals surface area contributed by atoms with Gasteiger partial charge >= 0.3 is 0 Å². The van der Waals surface area contributed by atoms with Crippen LogP contribution in [0.4, 0.5) is 0 Å². The zero-order valence-electron chi connectivity index (χ0n) is 20.2. The first-order valence-electron chi connectivity index (χ1n) is 12.4. The summed E-state index contributed by atoms with van der Waals surface area (Å²) in [5.41, 5.74) is -0.239. The van der Waals surface area contributed by atoms with E-state index in [1.54, 1.807) is 17.3 Å². The molecular weight excluding hydrogens is 404 g/mol. The van der Waals surface area contributed by atoms with Gasteiger partial charge in [0.25, 0.3) is 11.8 Å². The predicted octanol–water partition coefficient (Wildman–Crippen LogP) is 3.12.